The van der Waals surface area contributed by atoms with Crippen LogP contribution in [0.2, 0.25) is 0 Å². The van der Waals surface area contributed by atoms with Crippen molar-refractivity contribution in [3.05, 3.63) is 0 Å². The summed E-state index contributed by atoms with van der Waals surface area (Å²) in [7, 11) is 0. The van der Waals surface area contributed by atoms with Crippen LogP contribution >= 0.6 is 0 Å². The highest BCUT2D eigenvalue weighted by Crippen LogP contribution is 2.42. The third kappa shape index (κ3) is 2.24. The van der Waals surface area contributed by atoms with Crippen LogP contribution in [0.1, 0.15) is 44.9 Å². The Morgan fingerprint density at radius 2 is 1.47 bits per heavy atom. The van der Waals surface area contributed by atoms with Crippen molar-refractivity contribution in [3.63, 3.8) is 0 Å². The molecular weight excluding hydrogens is 236 g/mol. The number of likely N-dealkylation sites (tertiary alicyclic amines) is 2. The molecule has 3 heteroatoms. The first-order valence-electron chi connectivity index (χ1n) is 8.47. The summed E-state index contributed by atoms with van der Waals surface area (Å²) in [4.78, 5) is 5.47. The zero-order chi connectivity index (χ0) is 12.8. The fourth-order valence-electron chi connectivity index (χ4n) is 5.09. The predicted molar refractivity (Wildman–Crippen MR) is 76.0 cm³/mol. The zero-order valence-electron chi connectivity index (χ0n) is 12.0. The van der Waals surface area contributed by atoms with Gasteiger partial charge in [0, 0.05) is 31.1 Å². The van der Waals surface area contributed by atoms with E-state index in [-0.39, 0.29) is 6.10 Å². The summed E-state index contributed by atoms with van der Waals surface area (Å²) in [5.74, 6) is 1.44. The number of rotatable bonds is 2. The van der Waals surface area contributed by atoms with Crippen LogP contribution in [0.25, 0.3) is 0 Å². The van der Waals surface area contributed by atoms with Crippen molar-refractivity contribution in [3.8, 4) is 0 Å². The van der Waals surface area contributed by atoms with Gasteiger partial charge in [0.15, 0.2) is 0 Å². The normalized spacial score (nSPS) is 42.5. The molecule has 1 N–H and O–H groups in total. The molecule has 0 amide bonds. The lowest BCUT2D eigenvalue weighted by Crippen LogP contribution is -2.47. The highest BCUT2D eigenvalue weighted by atomic mass is 16.3. The Balaban J connectivity index is 1.29. The van der Waals surface area contributed by atoms with E-state index in [1.165, 1.54) is 64.7 Å². The van der Waals surface area contributed by atoms with Crippen molar-refractivity contribution in [1.29, 1.82) is 0 Å². The first-order chi connectivity index (χ1) is 9.31. The van der Waals surface area contributed by atoms with E-state index < -0.39 is 0 Å². The largest absolute Gasteiger partial charge is 0.393 e. The van der Waals surface area contributed by atoms with Gasteiger partial charge in [-0.25, -0.2) is 0 Å². The molecule has 0 aromatic carbocycles. The smallest absolute Gasteiger partial charge is 0.0587 e. The number of fused-ring (bicyclic) bond motifs is 1. The first-order valence-corrected chi connectivity index (χ1v) is 8.47. The summed E-state index contributed by atoms with van der Waals surface area (Å²) >= 11 is 0. The molecule has 4 rings (SSSR count). The summed E-state index contributed by atoms with van der Waals surface area (Å²) < 4.78 is 0. The van der Waals surface area contributed by atoms with E-state index in [0.29, 0.717) is 5.92 Å². The molecule has 0 unspecified atom stereocenters. The quantitative estimate of drug-likeness (QED) is 0.822. The third-order valence-electron chi connectivity index (χ3n) is 6.41. The average molecular weight is 264 g/mol. The lowest BCUT2D eigenvalue weighted by molar-refractivity contribution is -0.00459. The molecule has 4 aliphatic rings. The number of aliphatic hydroxyl groups excluding tert-OH is 1. The summed E-state index contributed by atoms with van der Waals surface area (Å²) in [6, 6.07) is 1.73. The van der Waals surface area contributed by atoms with E-state index in [1.807, 2.05) is 0 Å². The summed E-state index contributed by atoms with van der Waals surface area (Å²) in [6.45, 7) is 5.10. The molecule has 2 aliphatic heterocycles. The number of piperidine rings is 1. The van der Waals surface area contributed by atoms with Gasteiger partial charge in [-0.3, -0.25) is 4.90 Å². The maximum atomic E-state index is 9.78. The molecule has 2 saturated heterocycles. The van der Waals surface area contributed by atoms with Crippen LogP contribution in [0.5, 0.6) is 0 Å². The molecule has 3 nitrogen and oxygen atoms in total. The lowest BCUT2D eigenvalue weighted by Gasteiger charge is -2.39. The van der Waals surface area contributed by atoms with E-state index in [4.69, 9.17) is 0 Å². The van der Waals surface area contributed by atoms with Gasteiger partial charge in [0.05, 0.1) is 6.10 Å². The van der Waals surface area contributed by atoms with Crippen molar-refractivity contribution in [2.45, 2.75) is 63.1 Å². The van der Waals surface area contributed by atoms with Gasteiger partial charge < -0.3 is 10.0 Å². The number of nitrogens with zero attached hydrogens (tertiary/aromatic N) is 2. The topological polar surface area (TPSA) is 26.7 Å². The Morgan fingerprint density at radius 1 is 0.789 bits per heavy atom. The Bertz CT molecular complexity index is 321. The molecule has 2 saturated carbocycles. The summed E-state index contributed by atoms with van der Waals surface area (Å²) in [5.41, 5.74) is 0. The second kappa shape index (κ2) is 5.01. The van der Waals surface area contributed by atoms with Gasteiger partial charge in [0.2, 0.25) is 0 Å². The Morgan fingerprint density at radius 3 is 2.11 bits per heavy atom. The third-order valence-corrected chi connectivity index (χ3v) is 6.41. The van der Waals surface area contributed by atoms with E-state index in [1.54, 1.807) is 0 Å². The highest BCUT2D eigenvalue weighted by molar-refractivity contribution is 5.00. The van der Waals surface area contributed by atoms with Crippen LogP contribution in [0.3, 0.4) is 0 Å². The molecule has 0 bridgehead atoms. The maximum absolute atomic E-state index is 9.78. The van der Waals surface area contributed by atoms with Gasteiger partial charge in [0.25, 0.3) is 0 Å². The van der Waals surface area contributed by atoms with Crippen molar-refractivity contribution < 1.29 is 5.11 Å². The monoisotopic (exact) mass is 264 g/mol. The van der Waals surface area contributed by atoms with Gasteiger partial charge in [0.1, 0.15) is 0 Å². The van der Waals surface area contributed by atoms with Crippen molar-refractivity contribution in [2.75, 3.05) is 26.2 Å². The molecule has 0 aromatic heterocycles. The molecule has 0 radical (unpaired) electrons. The van der Waals surface area contributed by atoms with Crippen LogP contribution < -0.4 is 0 Å². The first kappa shape index (κ1) is 12.6. The summed E-state index contributed by atoms with van der Waals surface area (Å²) in [6.07, 6.45) is 9.64. The molecule has 0 aromatic rings. The van der Waals surface area contributed by atoms with E-state index in [2.05, 4.69) is 9.80 Å². The highest BCUT2D eigenvalue weighted by Gasteiger charge is 2.47. The van der Waals surface area contributed by atoms with Gasteiger partial charge in [-0.05, 0) is 51.1 Å². The molecule has 4 fully saturated rings. The molecule has 2 heterocycles. The van der Waals surface area contributed by atoms with Crippen LogP contribution in [0.15, 0.2) is 0 Å². The second-order valence-electron chi connectivity index (χ2n) is 7.39. The van der Waals surface area contributed by atoms with Crippen LogP contribution in [-0.2, 0) is 0 Å². The van der Waals surface area contributed by atoms with E-state index in [0.717, 1.165) is 24.4 Å². The van der Waals surface area contributed by atoms with Crippen molar-refractivity contribution >= 4 is 0 Å². The minimum atomic E-state index is 0.0218. The van der Waals surface area contributed by atoms with Gasteiger partial charge in [-0.15, -0.1) is 0 Å². The summed E-state index contributed by atoms with van der Waals surface area (Å²) in [5, 5.41) is 9.78. The molecule has 19 heavy (non-hydrogen) atoms. The Labute approximate surface area is 117 Å². The maximum Gasteiger partial charge on any atom is 0.0587 e. The average Bonchev–Trinajstić information content (AvgIpc) is 3.06. The SMILES string of the molecule is O[C@H]1C[C@@H]2CN(C3CCN(C4CCCC4)CC3)C[C@@H]21. The van der Waals surface area contributed by atoms with Gasteiger partial charge in [-0.1, -0.05) is 12.8 Å². The van der Waals surface area contributed by atoms with Crippen LogP contribution in [0.4, 0.5) is 0 Å². The minimum absolute atomic E-state index is 0.0218. The lowest BCUT2D eigenvalue weighted by atomic mass is 9.74. The second-order valence-corrected chi connectivity index (χ2v) is 7.39. The van der Waals surface area contributed by atoms with Crippen molar-refractivity contribution in [1.82, 2.24) is 9.80 Å². The molecule has 3 atom stereocenters. The molecule has 0 spiro atoms. The minimum Gasteiger partial charge on any atom is -0.393 e. The Kier molecular flexibility index (Phi) is 3.33. The fraction of sp³-hybridized carbons (Fsp3) is 1.00. The molecule has 2 aliphatic carbocycles. The van der Waals surface area contributed by atoms with Gasteiger partial charge >= 0.3 is 0 Å². The van der Waals surface area contributed by atoms with Gasteiger partial charge in [-0.2, -0.15) is 0 Å². The van der Waals surface area contributed by atoms with E-state index in [9.17, 15) is 5.11 Å². The van der Waals surface area contributed by atoms with E-state index >= 15 is 0 Å². The Hall–Kier alpha value is -0.120. The fourth-order valence-corrected chi connectivity index (χ4v) is 5.09. The predicted octanol–water partition coefficient (Wildman–Crippen LogP) is 1.71. The molecule has 108 valence electrons. The number of hydrogen-bond donors (Lipinski definition) is 1. The molecular formula is C16H28N2O. The number of hydrogen-bond acceptors (Lipinski definition) is 3. The van der Waals surface area contributed by atoms with Crippen LogP contribution in [0, 0.1) is 11.8 Å². The standard InChI is InChI=1S/C16H28N2O/c19-16-9-12-10-18(11-15(12)16)14-5-7-17(8-6-14)13-3-1-2-4-13/h12-16,19H,1-11H2/t12-,15+,16+/m1/s1. The van der Waals surface area contributed by atoms with Crippen molar-refractivity contribution in [2.24, 2.45) is 11.8 Å². The zero-order valence-corrected chi connectivity index (χ0v) is 12.0. The number of aliphatic hydroxyl groups is 1. The van der Waals surface area contributed by atoms with Crippen LogP contribution in [-0.4, -0.2) is 59.3 Å².